The molecule has 0 unspecified atom stereocenters. The minimum absolute atomic E-state index is 0.0355. The van der Waals surface area contributed by atoms with Gasteiger partial charge in [-0.25, -0.2) is 9.59 Å². The van der Waals surface area contributed by atoms with Gasteiger partial charge >= 0.3 is 12.1 Å². The number of carboxylic acids is 1. The fourth-order valence-electron chi connectivity index (χ4n) is 1.15. The van der Waals surface area contributed by atoms with Gasteiger partial charge in [-0.2, -0.15) is 0 Å². The van der Waals surface area contributed by atoms with Crippen LogP contribution in [0.4, 0.5) is 4.79 Å². The SMILES string of the molecule is C[C@](CO)(NC(=O)OCc1ccccc1)C(=O)O. The number of hydrogen-bond acceptors (Lipinski definition) is 4. The Morgan fingerprint density at radius 2 is 1.94 bits per heavy atom. The normalized spacial score (nSPS) is 13.4. The van der Waals surface area contributed by atoms with Gasteiger partial charge in [-0.3, -0.25) is 0 Å². The Hall–Kier alpha value is -2.08. The van der Waals surface area contributed by atoms with E-state index in [2.05, 4.69) is 5.32 Å². The number of rotatable bonds is 5. The maximum atomic E-state index is 11.4. The predicted molar refractivity (Wildman–Crippen MR) is 62.9 cm³/mol. The van der Waals surface area contributed by atoms with E-state index in [1.165, 1.54) is 6.92 Å². The Balaban J connectivity index is 2.49. The smallest absolute Gasteiger partial charge is 0.408 e. The summed E-state index contributed by atoms with van der Waals surface area (Å²) in [6.45, 7) is 0.510. The Morgan fingerprint density at radius 1 is 1.33 bits per heavy atom. The standard InChI is InChI=1S/C12H15NO5/c1-12(8-14,10(15)16)13-11(17)18-7-9-5-3-2-4-6-9/h2-6,14H,7-8H2,1H3,(H,13,17)(H,15,16)/t12-/m1/s1. The number of carbonyl (C=O) groups excluding carboxylic acids is 1. The molecule has 0 aliphatic carbocycles. The van der Waals surface area contributed by atoms with Gasteiger partial charge in [-0.1, -0.05) is 30.3 Å². The van der Waals surface area contributed by atoms with E-state index in [-0.39, 0.29) is 6.61 Å². The van der Waals surface area contributed by atoms with E-state index in [0.717, 1.165) is 5.56 Å². The van der Waals surface area contributed by atoms with Crippen LogP contribution in [0.15, 0.2) is 30.3 Å². The van der Waals surface area contributed by atoms with Crippen molar-refractivity contribution in [3.8, 4) is 0 Å². The van der Waals surface area contributed by atoms with Crippen LogP contribution in [0.3, 0.4) is 0 Å². The van der Waals surface area contributed by atoms with E-state index in [9.17, 15) is 9.59 Å². The molecule has 1 rings (SSSR count). The van der Waals surface area contributed by atoms with Crippen molar-refractivity contribution in [1.29, 1.82) is 0 Å². The van der Waals surface area contributed by atoms with Crippen LogP contribution in [-0.2, 0) is 16.1 Å². The molecule has 18 heavy (non-hydrogen) atoms. The van der Waals surface area contributed by atoms with Gasteiger partial charge in [0, 0.05) is 0 Å². The lowest BCUT2D eigenvalue weighted by Gasteiger charge is -2.23. The minimum Gasteiger partial charge on any atom is -0.479 e. The summed E-state index contributed by atoms with van der Waals surface area (Å²) in [5.41, 5.74) is -0.956. The summed E-state index contributed by atoms with van der Waals surface area (Å²) in [6, 6.07) is 8.97. The molecular weight excluding hydrogens is 238 g/mol. The van der Waals surface area contributed by atoms with Gasteiger partial charge in [0.1, 0.15) is 6.61 Å². The molecule has 0 fully saturated rings. The van der Waals surface area contributed by atoms with E-state index in [1.807, 2.05) is 6.07 Å². The summed E-state index contributed by atoms with van der Waals surface area (Å²) >= 11 is 0. The van der Waals surface area contributed by atoms with Gasteiger partial charge in [0.15, 0.2) is 5.54 Å². The second kappa shape index (κ2) is 6.02. The molecule has 0 bridgehead atoms. The fourth-order valence-corrected chi connectivity index (χ4v) is 1.15. The third-order valence-electron chi connectivity index (χ3n) is 2.38. The molecule has 3 N–H and O–H groups in total. The molecule has 0 aromatic heterocycles. The first-order valence-corrected chi connectivity index (χ1v) is 5.31. The lowest BCUT2D eigenvalue weighted by molar-refractivity contribution is -0.145. The van der Waals surface area contributed by atoms with Crippen molar-refractivity contribution >= 4 is 12.1 Å². The summed E-state index contributed by atoms with van der Waals surface area (Å²) in [5, 5.41) is 19.9. The zero-order valence-corrected chi connectivity index (χ0v) is 9.92. The Labute approximate surface area is 104 Å². The van der Waals surface area contributed by atoms with Crippen molar-refractivity contribution < 1.29 is 24.5 Å². The van der Waals surface area contributed by atoms with Crippen LogP contribution in [-0.4, -0.2) is 34.4 Å². The lowest BCUT2D eigenvalue weighted by Crippen LogP contribution is -2.55. The number of aliphatic hydroxyl groups is 1. The fraction of sp³-hybridized carbons (Fsp3) is 0.333. The number of aliphatic carboxylic acids is 1. The van der Waals surface area contributed by atoms with Crippen LogP contribution in [0.2, 0.25) is 0 Å². The Morgan fingerprint density at radius 3 is 2.44 bits per heavy atom. The number of amides is 1. The van der Waals surface area contributed by atoms with Gasteiger partial charge < -0.3 is 20.3 Å². The first-order valence-electron chi connectivity index (χ1n) is 5.31. The quantitative estimate of drug-likeness (QED) is 0.719. The monoisotopic (exact) mass is 253 g/mol. The van der Waals surface area contributed by atoms with Crippen molar-refractivity contribution in [1.82, 2.24) is 5.32 Å². The number of aliphatic hydroxyl groups excluding tert-OH is 1. The third-order valence-corrected chi connectivity index (χ3v) is 2.38. The number of hydrogen-bond donors (Lipinski definition) is 3. The van der Waals surface area contributed by atoms with Gasteiger partial charge in [0.25, 0.3) is 0 Å². The van der Waals surface area contributed by atoms with Crippen LogP contribution in [0.1, 0.15) is 12.5 Å². The average molecular weight is 253 g/mol. The van der Waals surface area contributed by atoms with E-state index in [0.29, 0.717) is 0 Å². The number of ether oxygens (including phenoxy) is 1. The molecule has 1 atom stereocenters. The highest BCUT2D eigenvalue weighted by Gasteiger charge is 2.34. The predicted octanol–water partition coefficient (Wildman–Crippen LogP) is 0.748. The first-order chi connectivity index (χ1) is 8.48. The maximum absolute atomic E-state index is 11.4. The maximum Gasteiger partial charge on any atom is 0.408 e. The molecule has 0 aliphatic rings. The van der Waals surface area contributed by atoms with Crippen LogP contribution in [0, 0.1) is 0 Å². The molecule has 98 valence electrons. The number of alkyl carbamates (subject to hydrolysis) is 1. The Kier molecular flexibility index (Phi) is 4.67. The summed E-state index contributed by atoms with van der Waals surface area (Å²) in [4.78, 5) is 22.2. The summed E-state index contributed by atoms with van der Waals surface area (Å²) in [7, 11) is 0. The van der Waals surface area contributed by atoms with Crippen molar-refractivity contribution in [3.05, 3.63) is 35.9 Å². The van der Waals surface area contributed by atoms with Crippen LogP contribution in [0.5, 0.6) is 0 Å². The average Bonchev–Trinajstić information content (AvgIpc) is 2.37. The molecule has 0 aliphatic heterocycles. The van der Waals surface area contributed by atoms with Crippen LogP contribution >= 0.6 is 0 Å². The van der Waals surface area contributed by atoms with Crippen molar-refractivity contribution in [2.24, 2.45) is 0 Å². The summed E-state index contributed by atoms with van der Waals surface area (Å²) < 4.78 is 4.85. The van der Waals surface area contributed by atoms with Crippen molar-refractivity contribution in [3.63, 3.8) is 0 Å². The molecule has 1 aromatic carbocycles. The summed E-state index contributed by atoms with van der Waals surface area (Å²) in [6.07, 6.45) is -0.891. The minimum atomic E-state index is -1.74. The van der Waals surface area contributed by atoms with Crippen LogP contribution in [0.25, 0.3) is 0 Å². The highest BCUT2D eigenvalue weighted by Crippen LogP contribution is 2.05. The lowest BCUT2D eigenvalue weighted by atomic mass is 10.1. The molecule has 0 saturated carbocycles. The largest absolute Gasteiger partial charge is 0.479 e. The second-order valence-corrected chi connectivity index (χ2v) is 3.98. The third kappa shape index (κ3) is 3.74. The van der Waals surface area contributed by atoms with Crippen LogP contribution < -0.4 is 5.32 Å². The number of nitrogens with one attached hydrogen (secondary N) is 1. The highest BCUT2D eigenvalue weighted by atomic mass is 16.5. The van der Waals surface area contributed by atoms with E-state index >= 15 is 0 Å². The molecule has 0 spiro atoms. The van der Waals surface area contributed by atoms with Gasteiger partial charge in [-0.05, 0) is 12.5 Å². The van der Waals surface area contributed by atoms with Gasteiger partial charge in [-0.15, -0.1) is 0 Å². The molecular formula is C12H15NO5. The van der Waals surface area contributed by atoms with E-state index < -0.39 is 24.2 Å². The molecule has 1 amide bonds. The van der Waals surface area contributed by atoms with Crippen molar-refractivity contribution in [2.75, 3.05) is 6.61 Å². The number of benzene rings is 1. The number of carboxylic acid groups (broad SMARTS) is 1. The molecule has 0 radical (unpaired) electrons. The van der Waals surface area contributed by atoms with Gasteiger partial charge in [0.2, 0.25) is 0 Å². The summed E-state index contributed by atoms with van der Waals surface area (Å²) in [5.74, 6) is -1.33. The first kappa shape index (κ1) is 14.0. The zero-order valence-electron chi connectivity index (χ0n) is 9.92. The Bertz CT molecular complexity index is 420. The van der Waals surface area contributed by atoms with E-state index in [4.69, 9.17) is 14.9 Å². The molecule has 0 saturated heterocycles. The van der Waals surface area contributed by atoms with Gasteiger partial charge in [0.05, 0.1) is 6.61 Å². The topological polar surface area (TPSA) is 95.9 Å². The van der Waals surface area contributed by atoms with Crippen molar-refractivity contribution in [2.45, 2.75) is 19.1 Å². The molecule has 0 heterocycles. The van der Waals surface area contributed by atoms with E-state index in [1.54, 1.807) is 24.3 Å². The molecule has 6 heteroatoms. The zero-order chi connectivity index (χ0) is 13.6. The highest BCUT2D eigenvalue weighted by molar-refractivity contribution is 5.84. The number of carbonyl (C=O) groups is 2. The second-order valence-electron chi connectivity index (χ2n) is 3.98. The molecule has 6 nitrogen and oxygen atoms in total. The molecule has 1 aromatic rings.